The summed E-state index contributed by atoms with van der Waals surface area (Å²) in [5, 5.41) is 8.07. The molecule has 0 atom stereocenters. The molecule has 1 N–H and O–H groups in total. The molecule has 0 saturated heterocycles. The molecule has 68 valence electrons. The van der Waals surface area contributed by atoms with Crippen molar-refractivity contribution in [1.82, 2.24) is 0 Å². The first-order valence-corrected chi connectivity index (χ1v) is 3.70. The number of hydrogen-bond acceptors (Lipinski definition) is 3. The highest BCUT2D eigenvalue weighted by Crippen LogP contribution is 2.06. The zero-order chi connectivity index (χ0) is 9.56. The number of rotatable bonds is 4. The first-order chi connectivity index (χ1) is 5.57. The van der Waals surface area contributed by atoms with Crippen molar-refractivity contribution in [3.63, 3.8) is 0 Å². The standard InChI is InChI=1S/C8H12O4/c1-3-4-5-6(2)7(9)12-8(10)11/h2-5H2,1H3,(H,10,11). The summed E-state index contributed by atoms with van der Waals surface area (Å²) in [5.41, 5.74) is 0.208. The molecule has 0 radical (unpaired) electrons. The van der Waals surface area contributed by atoms with E-state index in [2.05, 4.69) is 11.3 Å². The Labute approximate surface area is 70.8 Å². The first-order valence-electron chi connectivity index (χ1n) is 3.70. The number of unbranched alkanes of at least 4 members (excludes halogenated alkanes) is 1. The average Bonchev–Trinajstić information content (AvgIpc) is 1.98. The van der Waals surface area contributed by atoms with E-state index in [0.29, 0.717) is 6.42 Å². The van der Waals surface area contributed by atoms with Crippen molar-refractivity contribution in [2.75, 3.05) is 0 Å². The Bertz CT molecular complexity index is 195. The van der Waals surface area contributed by atoms with Crippen LogP contribution in [0.5, 0.6) is 0 Å². The minimum absolute atomic E-state index is 0.208. The van der Waals surface area contributed by atoms with Crippen LogP contribution in [0.1, 0.15) is 26.2 Å². The van der Waals surface area contributed by atoms with Gasteiger partial charge in [-0.3, -0.25) is 0 Å². The molecular formula is C8H12O4. The van der Waals surface area contributed by atoms with Crippen molar-refractivity contribution < 1.29 is 19.4 Å². The van der Waals surface area contributed by atoms with Gasteiger partial charge in [-0.15, -0.1) is 0 Å². The predicted molar refractivity (Wildman–Crippen MR) is 42.8 cm³/mol. The number of carboxylic acid groups (broad SMARTS) is 1. The molecule has 4 nitrogen and oxygen atoms in total. The van der Waals surface area contributed by atoms with Gasteiger partial charge in [-0.25, -0.2) is 9.59 Å². The lowest BCUT2D eigenvalue weighted by Gasteiger charge is -2.00. The Kier molecular flexibility index (Phi) is 4.76. The predicted octanol–water partition coefficient (Wildman–Crippen LogP) is 1.95. The highest BCUT2D eigenvalue weighted by molar-refractivity contribution is 5.93. The maximum Gasteiger partial charge on any atom is 0.513 e. The molecule has 12 heavy (non-hydrogen) atoms. The van der Waals surface area contributed by atoms with E-state index in [1.54, 1.807) is 0 Å². The van der Waals surface area contributed by atoms with Gasteiger partial charge in [0.25, 0.3) is 0 Å². The topological polar surface area (TPSA) is 63.6 Å². The number of carbonyl (C=O) groups is 2. The van der Waals surface area contributed by atoms with Gasteiger partial charge in [0.2, 0.25) is 0 Å². The molecule has 0 spiro atoms. The number of hydrogen-bond donors (Lipinski definition) is 1. The molecule has 0 unspecified atom stereocenters. The van der Waals surface area contributed by atoms with Gasteiger partial charge in [-0.2, -0.15) is 0 Å². The molecule has 0 bridgehead atoms. The Balaban J connectivity index is 3.77. The highest BCUT2D eigenvalue weighted by atomic mass is 16.7. The van der Waals surface area contributed by atoms with E-state index in [4.69, 9.17) is 5.11 Å². The summed E-state index contributed by atoms with van der Waals surface area (Å²) >= 11 is 0. The lowest BCUT2D eigenvalue weighted by atomic mass is 10.1. The number of carbonyl (C=O) groups excluding carboxylic acids is 1. The second-order valence-electron chi connectivity index (χ2n) is 2.36. The third kappa shape index (κ3) is 4.49. The maximum absolute atomic E-state index is 10.8. The first kappa shape index (κ1) is 10.7. The fraction of sp³-hybridized carbons (Fsp3) is 0.500. The van der Waals surface area contributed by atoms with Crippen LogP contribution < -0.4 is 0 Å². The van der Waals surface area contributed by atoms with Crippen LogP contribution in [-0.2, 0) is 9.53 Å². The highest BCUT2D eigenvalue weighted by Gasteiger charge is 2.11. The SMILES string of the molecule is C=C(CCCC)C(=O)OC(=O)O. The molecule has 0 aliphatic heterocycles. The Morgan fingerprint density at radius 3 is 2.50 bits per heavy atom. The molecule has 0 saturated carbocycles. The molecule has 4 heteroatoms. The van der Waals surface area contributed by atoms with Crippen molar-refractivity contribution in [1.29, 1.82) is 0 Å². The van der Waals surface area contributed by atoms with Crippen molar-refractivity contribution in [2.45, 2.75) is 26.2 Å². The summed E-state index contributed by atoms with van der Waals surface area (Å²) in [4.78, 5) is 20.7. The van der Waals surface area contributed by atoms with Crippen LogP contribution in [0, 0.1) is 0 Å². The molecule has 0 aromatic carbocycles. The second kappa shape index (κ2) is 5.35. The van der Waals surface area contributed by atoms with E-state index in [9.17, 15) is 9.59 Å². The molecule has 0 aliphatic rings. The summed E-state index contributed by atoms with van der Waals surface area (Å²) in [6.45, 7) is 5.38. The maximum atomic E-state index is 10.8. The van der Waals surface area contributed by atoms with Gasteiger partial charge in [0.15, 0.2) is 0 Å². The largest absolute Gasteiger partial charge is 0.513 e. The van der Waals surface area contributed by atoms with E-state index in [-0.39, 0.29) is 5.57 Å². The van der Waals surface area contributed by atoms with Gasteiger partial charge in [0.1, 0.15) is 0 Å². The summed E-state index contributed by atoms with van der Waals surface area (Å²) in [7, 11) is 0. The van der Waals surface area contributed by atoms with Crippen LogP contribution in [0.25, 0.3) is 0 Å². The Morgan fingerprint density at radius 2 is 2.08 bits per heavy atom. The van der Waals surface area contributed by atoms with Crippen molar-refractivity contribution >= 4 is 12.1 Å². The van der Waals surface area contributed by atoms with Gasteiger partial charge < -0.3 is 9.84 Å². The van der Waals surface area contributed by atoms with E-state index in [1.807, 2.05) is 6.92 Å². The Morgan fingerprint density at radius 1 is 1.50 bits per heavy atom. The molecule has 0 fully saturated rings. The molecule has 0 heterocycles. The fourth-order valence-corrected chi connectivity index (χ4v) is 0.644. The molecular weight excluding hydrogens is 160 g/mol. The zero-order valence-corrected chi connectivity index (χ0v) is 7.00. The zero-order valence-electron chi connectivity index (χ0n) is 7.00. The summed E-state index contributed by atoms with van der Waals surface area (Å²) in [6, 6.07) is 0. The smallest absolute Gasteiger partial charge is 0.449 e. The molecule has 0 aliphatic carbocycles. The van der Waals surface area contributed by atoms with Crippen molar-refractivity contribution in [3.8, 4) is 0 Å². The van der Waals surface area contributed by atoms with E-state index >= 15 is 0 Å². The van der Waals surface area contributed by atoms with E-state index < -0.39 is 12.1 Å². The van der Waals surface area contributed by atoms with Gasteiger partial charge in [-0.1, -0.05) is 19.9 Å². The van der Waals surface area contributed by atoms with Crippen molar-refractivity contribution in [3.05, 3.63) is 12.2 Å². The van der Waals surface area contributed by atoms with E-state index in [0.717, 1.165) is 12.8 Å². The number of esters is 1. The third-order valence-corrected chi connectivity index (χ3v) is 1.30. The van der Waals surface area contributed by atoms with Crippen LogP contribution in [-0.4, -0.2) is 17.2 Å². The van der Waals surface area contributed by atoms with Gasteiger partial charge in [0, 0.05) is 5.57 Å². The van der Waals surface area contributed by atoms with Crippen LogP contribution >= 0.6 is 0 Å². The normalized spacial score (nSPS) is 9.08. The van der Waals surface area contributed by atoms with Crippen LogP contribution in [0.2, 0.25) is 0 Å². The molecule has 0 rings (SSSR count). The quantitative estimate of drug-likeness (QED) is 0.400. The average molecular weight is 172 g/mol. The van der Waals surface area contributed by atoms with Crippen molar-refractivity contribution in [2.24, 2.45) is 0 Å². The summed E-state index contributed by atoms with van der Waals surface area (Å²) < 4.78 is 3.89. The van der Waals surface area contributed by atoms with E-state index in [1.165, 1.54) is 0 Å². The molecule has 0 aromatic rings. The van der Waals surface area contributed by atoms with Gasteiger partial charge in [0.05, 0.1) is 0 Å². The fourth-order valence-electron chi connectivity index (χ4n) is 0.644. The van der Waals surface area contributed by atoms with Crippen LogP contribution in [0.4, 0.5) is 4.79 Å². The summed E-state index contributed by atoms with van der Waals surface area (Å²) in [5.74, 6) is -0.851. The lowest BCUT2D eigenvalue weighted by Crippen LogP contribution is -2.11. The second-order valence-corrected chi connectivity index (χ2v) is 2.36. The molecule has 0 aromatic heterocycles. The molecule has 0 amide bonds. The third-order valence-electron chi connectivity index (χ3n) is 1.30. The lowest BCUT2D eigenvalue weighted by molar-refractivity contribution is -0.134. The number of ether oxygens (including phenoxy) is 1. The summed E-state index contributed by atoms with van der Waals surface area (Å²) in [6.07, 6.45) is 0.646. The minimum Gasteiger partial charge on any atom is -0.449 e. The van der Waals surface area contributed by atoms with Crippen LogP contribution in [0.3, 0.4) is 0 Å². The van der Waals surface area contributed by atoms with Gasteiger partial charge in [-0.05, 0) is 12.8 Å². The Hall–Kier alpha value is -1.32. The van der Waals surface area contributed by atoms with Gasteiger partial charge >= 0.3 is 12.1 Å². The monoisotopic (exact) mass is 172 g/mol. The van der Waals surface area contributed by atoms with Crippen LogP contribution in [0.15, 0.2) is 12.2 Å². The minimum atomic E-state index is -1.59.